The topological polar surface area (TPSA) is 33.3 Å². The molecule has 0 aliphatic rings. The van der Waals surface area contributed by atoms with E-state index in [0.29, 0.717) is 12.1 Å². The van der Waals surface area contributed by atoms with Gasteiger partial charge in [0.25, 0.3) is 0 Å². The molecule has 0 bridgehead atoms. The zero-order chi connectivity index (χ0) is 9.56. The van der Waals surface area contributed by atoms with E-state index < -0.39 is 0 Å². The van der Waals surface area contributed by atoms with Crippen molar-refractivity contribution in [3.8, 4) is 0 Å². The lowest BCUT2D eigenvalue weighted by Gasteiger charge is -2.24. The summed E-state index contributed by atoms with van der Waals surface area (Å²) in [7, 11) is 5.70. The van der Waals surface area contributed by atoms with Gasteiger partial charge in [-0.25, -0.2) is 0 Å². The van der Waals surface area contributed by atoms with Gasteiger partial charge in [-0.1, -0.05) is 0 Å². The van der Waals surface area contributed by atoms with Gasteiger partial charge in [0, 0.05) is 19.2 Å². The molecule has 3 atom stereocenters. The van der Waals surface area contributed by atoms with E-state index in [4.69, 9.17) is 4.74 Å². The first kappa shape index (κ1) is 11.9. The van der Waals surface area contributed by atoms with E-state index in [1.54, 1.807) is 7.11 Å². The smallest absolute Gasteiger partial charge is 0.0736 e. The first-order chi connectivity index (χ1) is 5.65. The molecule has 0 spiro atoms. The highest BCUT2D eigenvalue weighted by Gasteiger charge is 2.16. The summed E-state index contributed by atoms with van der Waals surface area (Å²) in [5, 5.41) is 6.39. The number of rotatable bonds is 6. The van der Waals surface area contributed by atoms with Crippen molar-refractivity contribution in [2.45, 2.75) is 38.5 Å². The molecule has 12 heavy (non-hydrogen) atoms. The minimum atomic E-state index is 0.289. The molecule has 0 saturated heterocycles. The van der Waals surface area contributed by atoms with E-state index in [1.807, 2.05) is 14.1 Å². The fraction of sp³-hybridized carbons (Fsp3) is 1.00. The lowest BCUT2D eigenvalue weighted by Crippen LogP contribution is -2.40. The van der Waals surface area contributed by atoms with Crippen molar-refractivity contribution in [2.24, 2.45) is 0 Å². The van der Waals surface area contributed by atoms with Crippen LogP contribution in [0.3, 0.4) is 0 Å². The Kier molecular flexibility index (Phi) is 6.34. The molecular weight excluding hydrogens is 152 g/mol. The van der Waals surface area contributed by atoms with Crippen LogP contribution in [0, 0.1) is 0 Å². The Morgan fingerprint density at radius 2 is 1.75 bits per heavy atom. The van der Waals surface area contributed by atoms with Gasteiger partial charge in [0.15, 0.2) is 0 Å². The van der Waals surface area contributed by atoms with Gasteiger partial charge in [-0.2, -0.15) is 0 Å². The summed E-state index contributed by atoms with van der Waals surface area (Å²) >= 11 is 0. The van der Waals surface area contributed by atoms with E-state index in [0.717, 1.165) is 6.42 Å². The fourth-order valence-electron chi connectivity index (χ4n) is 1.16. The largest absolute Gasteiger partial charge is 0.380 e. The molecule has 2 N–H and O–H groups in total. The number of hydrogen-bond donors (Lipinski definition) is 2. The monoisotopic (exact) mass is 174 g/mol. The molecule has 3 heteroatoms. The summed E-state index contributed by atoms with van der Waals surface area (Å²) < 4.78 is 5.37. The molecule has 74 valence electrons. The maximum Gasteiger partial charge on any atom is 0.0736 e. The Bertz CT molecular complexity index is 109. The van der Waals surface area contributed by atoms with Crippen molar-refractivity contribution in [2.75, 3.05) is 21.2 Å². The molecular formula is C9H22N2O. The van der Waals surface area contributed by atoms with E-state index >= 15 is 0 Å². The van der Waals surface area contributed by atoms with Crippen molar-refractivity contribution in [3.63, 3.8) is 0 Å². The number of likely N-dealkylation sites (N-methyl/N-ethyl adjacent to an activating group) is 1. The zero-order valence-electron chi connectivity index (χ0n) is 8.85. The quantitative estimate of drug-likeness (QED) is 0.619. The summed E-state index contributed by atoms with van der Waals surface area (Å²) in [6, 6.07) is 0.913. The molecule has 0 amide bonds. The van der Waals surface area contributed by atoms with Gasteiger partial charge in [0.05, 0.1) is 6.10 Å². The van der Waals surface area contributed by atoms with Crippen LogP contribution >= 0.6 is 0 Å². The summed E-state index contributed by atoms with van der Waals surface area (Å²) in [6.07, 6.45) is 1.33. The third-order valence-electron chi connectivity index (χ3n) is 2.39. The van der Waals surface area contributed by atoms with Crippen LogP contribution in [-0.4, -0.2) is 39.4 Å². The second-order valence-corrected chi connectivity index (χ2v) is 3.28. The third kappa shape index (κ3) is 4.04. The molecule has 0 radical (unpaired) electrons. The maximum absolute atomic E-state index is 5.37. The molecule has 0 aliphatic heterocycles. The zero-order valence-corrected chi connectivity index (χ0v) is 8.85. The van der Waals surface area contributed by atoms with Crippen LogP contribution in [0.4, 0.5) is 0 Å². The highest BCUT2D eigenvalue weighted by molar-refractivity contribution is 4.75. The van der Waals surface area contributed by atoms with Gasteiger partial charge in [-0.15, -0.1) is 0 Å². The van der Waals surface area contributed by atoms with Gasteiger partial charge in [-0.3, -0.25) is 0 Å². The van der Waals surface area contributed by atoms with Crippen LogP contribution in [0.1, 0.15) is 20.3 Å². The molecule has 0 aromatic rings. The van der Waals surface area contributed by atoms with Crippen molar-refractivity contribution in [1.82, 2.24) is 10.6 Å². The van der Waals surface area contributed by atoms with Crippen LogP contribution in [0.25, 0.3) is 0 Å². The lowest BCUT2D eigenvalue weighted by molar-refractivity contribution is 0.0626. The summed E-state index contributed by atoms with van der Waals surface area (Å²) in [6.45, 7) is 4.30. The predicted molar refractivity (Wildman–Crippen MR) is 52.5 cm³/mol. The normalized spacial score (nSPS) is 18.8. The van der Waals surface area contributed by atoms with E-state index in [-0.39, 0.29) is 6.10 Å². The third-order valence-corrected chi connectivity index (χ3v) is 2.39. The molecule has 0 aromatic carbocycles. The average molecular weight is 174 g/mol. The Hall–Kier alpha value is -0.120. The molecule has 0 aromatic heterocycles. The number of hydrogen-bond acceptors (Lipinski definition) is 3. The molecule has 3 nitrogen and oxygen atoms in total. The predicted octanol–water partition coefficient (Wildman–Crippen LogP) is 0.607. The standard InChI is InChI=1S/C9H22N2O/c1-7(10-3)6-9(12-5)8(2)11-4/h7-11H,6H2,1-5H3. The van der Waals surface area contributed by atoms with Gasteiger partial charge in [0.2, 0.25) is 0 Å². The van der Waals surface area contributed by atoms with Gasteiger partial charge in [0.1, 0.15) is 0 Å². The van der Waals surface area contributed by atoms with Crippen molar-refractivity contribution in [3.05, 3.63) is 0 Å². The average Bonchev–Trinajstić information content (AvgIpc) is 2.12. The van der Waals surface area contributed by atoms with Gasteiger partial charge < -0.3 is 15.4 Å². The SMILES string of the molecule is CNC(C)CC(OC)C(C)NC. The van der Waals surface area contributed by atoms with Gasteiger partial charge >= 0.3 is 0 Å². The molecule has 3 unspecified atom stereocenters. The molecule has 0 saturated carbocycles. The van der Waals surface area contributed by atoms with E-state index in [9.17, 15) is 0 Å². The minimum Gasteiger partial charge on any atom is -0.380 e. The molecule has 0 rings (SSSR count). The van der Waals surface area contributed by atoms with E-state index in [1.165, 1.54) is 0 Å². The Morgan fingerprint density at radius 3 is 2.08 bits per heavy atom. The van der Waals surface area contributed by atoms with E-state index in [2.05, 4.69) is 24.5 Å². The molecule has 0 fully saturated rings. The van der Waals surface area contributed by atoms with Crippen molar-refractivity contribution < 1.29 is 4.74 Å². The van der Waals surface area contributed by atoms with Gasteiger partial charge in [-0.05, 0) is 34.4 Å². The fourth-order valence-corrected chi connectivity index (χ4v) is 1.16. The van der Waals surface area contributed by atoms with Crippen LogP contribution < -0.4 is 10.6 Å². The highest BCUT2D eigenvalue weighted by atomic mass is 16.5. The Morgan fingerprint density at radius 1 is 1.17 bits per heavy atom. The highest BCUT2D eigenvalue weighted by Crippen LogP contribution is 2.05. The van der Waals surface area contributed by atoms with Crippen molar-refractivity contribution >= 4 is 0 Å². The summed E-state index contributed by atoms with van der Waals surface area (Å²) in [5.41, 5.74) is 0. The Labute approximate surface area is 75.9 Å². The van der Waals surface area contributed by atoms with Crippen LogP contribution in [-0.2, 0) is 4.74 Å². The molecule has 0 aliphatic carbocycles. The number of nitrogens with one attached hydrogen (secondary N) is 2. The maximum atomic E-state index is 5.37. The lowest BCUT2D eigenvalue weighted by atomic mass is 10.1. The van der Waals surface area contributed by atoms with Crippen LogP contribution in [0.5, 0.6) is 0 Å². The molecule has 0 heterocycles. The second-order valence-electron chi connectivity index (χ2n) is 3.28. The van der Waals surface area contributed by atoms with Crippen LogP contribution in [0.2, 0.25) is 0 Å². The van der Waals surface area contributed by atoms with Crippen LogP contribution in [0.15, 0.2) is 0 Å². The van der Waals surface area contributed by atoms with Crippen molar-refractivity contribution in [1.29, 1.82) is 0 Å². The second kappa shape index (κ2) is 6.40. The Balaban J connectivity index is 3.81. The first-order valence-corrected chi connectivity index (χ1v) is 4.53. The summed E-state index contributed by atoms with van der Waals surface area (Å²) in [5.74, 6) is 0. The minimum absolute atomic E-state index is 0.289. The number of ether oxygens (including phenoxy) is 1. The first-order valence-electron chi connectivity index (χ1n) is 4.53. The number of methoxy groups -OCH3 is 1. The summed E-state index contributed by atoms with van der Waals surface area (Å²) in [4.78, 5) is 0.